The molecule has 1 amide bonds. The molecule has 0 spiro atoms. The summed E-state index contributed by atoms with van der Waals surface area (Å²) in [6, 6.07) is 5.62. The van der Waals surface area contributed by atoms with E-state index in [4.69, 9.17) is 4.74 Å². The highest BCUT2D eigenvalue weighted by Crippen LogP contribution is 1.97. The molecule has 2 N–H and O–H groups in total. The average molecular weight is 221 g/mol. The van der Waals surface area contributed by atoms with E-state index in [1.807, 2.05) is 18.2 Å². The van der Waals surface area contributed by atoms with Gasteiger partial charge in [0.05, 0.1) is 18.8 Å². The van der Waals surface area contributed by atoms with Gasteiger partial charge in [0.2, 0.25) is 0 Å². The Balaban J connectivity index is 1.79. The SMILES string of the molecule is O=C(NCc1ccccn1)C1CNCCO1. The Morgan fingerprint density at radius 3 is 3.25 bits per heavy atom. The molecule has 1 aromatic heterocycles. The zero-order chi connectivity index (χ0) is 11.2. The summed E-state index contributed by atoms with van der Waals surface area (Å²) in [6.07, 6.45) is 1.33. The first kappa shape index (κ1) is 11.0. The van der Waals surface area contributed by atoms with Crippen molar-refractivity contribution in [2.45, 2.75) is 12.6 Å². The molecule has 5 nitrogen and oxygen atoms in total. The lowest BCUT2D eigenvalue weighted by Crippen LogP contribution is -2.47. The molecule has 0 aromatic carbocycles. The predicted molar refractivity (Wildman–Crippen MR) is 58.7 cm³/mol. The number of ether oxygens (including phenoxy) is 1. The second-order valence-corrected chi connectivity index (χ2v) is 3.60. The lowest BCUT2D eigenvalue weighted by atomic mass is 10.3. The van der Waals surface area contributed by atoms with Gasteiger partial charge in [0.1, 0.15) is 6.10 Å². The Labute approximate surface area is 94.2 Å². The molecule has 86 valence electrons. The van der Waals surface area contributed by atoms with E-state index < -0.39 is 0 Å². The summed E-state index contributed by atoms with van der Waals surface area (Å²) in [4.78, 5) is 15.8. The maximum Gasteiger partial charge on any atom is 0.250 e. The Bertz CT molecular complexity index is 336. The van der Waals surface area contributed by atoms with Gasteiger partial charge in [-0.2, -0.15) is 0 Å². The number of pyridine rings is 1. The minimum atomic E-state index is -0.377. The van der Waals surface area contributed by atoms with Crippen LogP contribution in [0.1, 0.15) is 5.69 Å². The molecule has 0 saturated carbocycles. The quantitative estimate of drug-likeness (QED) is 0.734. The second-order valence-electron chi connectivity index (χ2n) is 3.60. The molecular formula is C11H15N3O2. The van der Waals surface area contributed by atoms with Gasteiger partial charge in [-0.25, -0.2) is 0 Å². The maximum absolute atomic E-state index is 11.7. The predicted octanol–water partition coefficient (Wildman–Crippen LogP) is -0.314. The Hall–Kier alpha value is -1.46. The van der Waals surface area contributed by atoms with Gasteiger partial charge in [-0.3, -0.25) is 9.78 Å². The first-order valence-electron chi connectivity index (χ1n) is 5.36. The van der Waals surface area contributed by atoms with E-state index in [-0.39, 0.29) is 12.0 Å². The van der Waals surface area contributed by atoms with Crippen LogP contribution < -0.4 is 10.6 Å². The van der Waals surface area contributed by atoms with E-state index in [0.29, 0.717) is 19.7 Å². The average Bonchev–Trinajstić information content (AvgIpc) is 2.38. The fraction of sp³-hybridized carbons (Fsp3) is 0.455. The van der Waals surface area contributed by atoms with E-state index in [2.05, 4.69) is 15.6 Å². The molecule has 0 bridgehead atoms. The summed E-state index contributed by atoms with van der Waals surface area (Å²) in [7, 11) is 0. The highest BCUT2D eigenvalue weighted by molar-refractivity contribution is 5.81. The largest absolute Gasteiger partial charge is 0.366 e. The van der Waals surface area contributed by atoms with Crippen molar-refractivity contribution < 1.29 is 9.53 Å². The zero-order valence-electron chi connectivity index (χ0n) is 8.98. The third-order valence-electron chi connectivity index (χ3n) is 2.39. The van der Waals surface area contributed by atoms with Crippen LogP contribution in [0.25, 0.3) is 0 Å². The van der Waals surface area contributed by atoms with Crippen LogP contribution in [0, 0.1) is 0 Å². The number of aromatic nitrogens is 1. The molecule has 1 atom stereocenters. The first-order valence-corrected chi connectivity index (χ1v) is 5.36. The molecule has 2 rings (SSSR count). The first-order chi connectivity index (χ1) is 7.86. The summed E-state index contributed by atoms with van der Waals surface area (Å²) in [5.41, 5.74) is 0.847. The summed E-state index contributed by atoms with van der Waals surface area (Å²) in [6.45, 7) is 2.42. The maximum atomic E-state index is 11.7. The number of hydrogen-bond acceptors (Lipinski definition) is 4. The number of nitrogens with zero attached hydrogens (tertiary/aromatic N) is 1. The number of hydrogen-bond donors (Lipinski definition) is 2. The van der Waals surface area contributed by atoms with Crippen LogP contribution in [0.2, 0.25) is 0 Å². The van der Waals surface area contributed by atoms with Crippen molar-refractivity contribution in [3.05, 3.63) is 30.1 Å². The van der Waals surface area contributed by atoms with Gasteiger partial charge < -0.3 is 15.4 Å². The molecule has 5 heteroatoms. The van der Waals surface area contributed by atoms with Crippen LogP contribution in [0.15, 0.2) is 24.4 Å². The normalized spacial score (nSPS) is 20.4. The molecule has 1 aliphatic rings. The van der Waals surface area contributed by atoms with Crippen LogP contribution in [0.5, 0.6) is 0 Å². The van der Waals surface area contributed by atoms with Crippen LogP contribution in [-0.2, 0) is 16.1 Å². The minimum absolute atomic E-state index is 0.0853. The third kappa shape index (κ3) is 3.01. The summed E-state index contributed by atoms with van der Waals surface area (Å²) in [5, 5.41) is 5.91. The fourth-order valence-electron chi connectivity index (χ4n) is 1.53. The van der Waals surface area contributed by atoms with Gasteiger partial charge in [-0.1, -0.05) is 6.07 Å². The van der Waals surface area contributed by atoms with Gasteiger partial charge >= 0.3 is 0 Å². The van der Waals surface area contributed by atoms with E-state index in [0.717, 1.165) is 12.2 Å². The van der Waals surface area contributed by atoms with Crippen molar-refractivity contribution in [3.63, 3.8) is 0 Å². The van der Waals surface area contributed by atoms with Gasteiger partial charge in [-0.05, 0) is 12.1 Å². The lowest BCUT2D eigenvalue weighted by molar-refractivity contribution is -0.134. The number of rotatable bonds is 3. The molecule has 0 aliphatic carbocycles. The number of morpholine rings is 1. The Morgan fingerprint density at radius 1 is 1.62 bits per heavy atom. The van der Waals surface area contributed by atoms with Gasteiger partial charge in [-0.15, -0.1) is 0 Å². The molecule has 1 aromatic rings. The monoisotopic (exact) mass is 221 g/mol. The molecule has 1 saturated heterocycles. The number of carbonyl (C=O) groups is 1. The molecule has 1 fully saturated rings. The molecule has 1 unspecified atom stereocenters. The van der Waals surface area contributed by atoms with Crippen LogP contribution in [0.3, 0.4) is 0 Å². The molecule has 1 aliphatic heterocycles. The van der Waals surface area contributed by atoms with Crippen molar-refractivity contribution in [2.75, 3.05) is 19.7 Å². The molecule has 16 heavy (non-hydrogen) atoms. The zero-order valence-corrected chi connectivity index (χ0v) is 8.98. The number of nitrogens with one attached hydrogen (secondary N) is 2. The lowest BCUT2D eigenvalue weighted by Gasteiger charge is -2.22. The summed E-state index contributed by atoms with van der Waals surface area (Å²) < 4.78 is 5.33. The summed E-state index contributed by atoms with van der Waals surface area (Å²) >= 11 is 0. The second kappa shape index (κ2) is 5.58. The van der Waals surface area contributed by atoms with Gasteiger partial charge in [0.25, 0.3) is 5.91 Å². The van der Waals surface area contributed by atoms with E-state index >= 15 is 0 Å². The number of carbonyl (C=O) groups excluding carboxylic acids is 1. The molecule has 0 radical (unpaired) electrons. The van der Waals surface area contributed by atoms with E-state index in [9.17, 15) is 4.79 Å². The number of amides is 1. The van der Waals surface area contributed by atoms with E-state index in [1.54, 1.807) is 6.20 Å². The fourth-order valence-corrected chi connectivity index (χ4v) is 1.53. The van der Waals surface area contributed by atoms with Crippen molar-refractivity contribution in [1.82, 2.24) is 15.6 Å². The van der Waals surface area contributed by atoms with Gasteiger partial charge in [0, 0.05) is 19.3 Å². The molecule has 2 heterocycles. The molecular weight excluding hydrogens is 206 g/mol. The van der Waals surface area contributed by atoms with Crippen LogP contribution >= 0.6 is 0 Å². The van der Waals surface area contributed by atoms with Crippen molar-refractivity contribution in [1.29, 1.82) is 0 Å². The topological polar surface area (TPSA) is 63.2 Å². The van der Waals surface area contributed by atoms with Gasteiger partial charge in [0.15, 0.2) is 0 Å². The highest BCUT2D eigenvalue weighted by Gasteiger charge is 2.21. The standard InChI is InChI=1S/C11H15N3O2/c15-11(10-8-12-5-6-16-10)14-7-9-3-1-2-4-13-9/h1-4,10,12H,5-8H2,(H,14,15). The Kier molecular flexibility index (Phi) is 3.85. The smallest absolute Gasteiger partial charge is 0.250 e. The highest BCUT2D eigenvalue weighted by atomic mass is 16.5. The van der Waals surface area contributed by atoms with Crippen molar-refractivity contribution in [3.8, 4) is 0 Å². The summed E-state index contributed by atoms with van der Waals surface area (Å²) in [5.74, 6) is -0.0853. The van der Waals surface area contributed by atoms with Crippen molar-refractivity contribution >= 4 is 5.91 Å². The third-order valence-corrected chi connectivity index (χ3v) is 2.39. The van der Waals surface area contributed by atoms with Crippen LogP contribution in [0.4, 0.5) is 0 Å². The van der Waals surface area contributed by atoms with Crippen LogP contribution in [-0.4, -0.2) is 36.7 Å². The minimum Gasteiger partial charge on any atom is -0.366 e. The van der Waals surface area contributed by atoms with Crippen molar-refractivity contribution in [2.24, 2.45) is 0 Å². The Morgan fingerprint density at radius 2 is 2.56 bits per heavy atom. The van der Waals surface area contributed by atoms with E-state index in [1.165, 1.54) is 0 Å².